The predicted molar refractivity (Wildman–Crippen MR) is 75.6 cm³/mol. The molecule has 0 saturated heterocycles. The van der Waals surface area contributed by atoms with Gasteiger partial charge in [0.15, 0.2) is 5.82 Å². The van der Waals surface area contributed by atoms with Crippen LogP contribution in [0.25, 0.3) is 0 Å². The van der Waals surface area contributed by atoms with Crippen molar-refractivity contribution in [3.05, 3.63) is 36.3 Å². The molecule has 0 aliphatic carbocycles. The molecule has 2 aromatic heterocycles. The van der Waals surface area contributed by atoms with Crippen LogP contribution in [-0.2, 0) is 16.6 Å². The molecule has 0 fully saturated rings. The van der Waals surface area contributed by atoms with Crippen LogP contribution in [0.1, 0.15) is 19.5 Å². The summed E-state index contributed by atoms with van der Waals surface area (Å²) in [4.78, 5) is 3.11. The number of nitrogens with zero attached hydrogens (tertiary/aromatic N) is 2. The van der Waals surface area contributed by atoms with Gasteiger partial charge in [-0.25, -0.2) is 8.42 Å². The average Bonchev–Trinajstić information content (AvgIpc) is 2.86. The fourth-order valence-corrected chi connectivity index (χ4v) is 2.56. The number of sulfonamides is 1. The van der Waals surface area contributed by atoms with Crippen molar-refractivity contribution in [1.29, 1.82) is 0 Å². The van der Waals surface area contributed by atoms with E-state index in [1.807, 2.05) is 13.8 Å². The standard InChI is InChI=1S/C12H17N5O2S/c1-9(2)13-7-10-6-11(8-14-10)20(18,19)17-12-4-3-5-15-16-12/h3-6,8-9,13-14H,7H2,1-2H3,(H,16,17). The summed E-state index contributed by atoms with van der Waals surface area (Å²) in [5, 5.41) is 10.5. The molecule has 8 heteroatoms. The summed E-state index contributed by atoms with van der Waals surface area (Å²) in [6.45, 7) is 4.63. The molecule has 0 bridgehead atoms. The fraction of sp³-hybridized carbons (Fsp3) is 0.333. The lowest BCUT2D eigenvalue weighted by Gasteiger charge is -2.05. The van der Waals surface area contributed by atoms with Gasteiger partial charge in [-0.1, -0.05) is 13.8 Å². The maximum absolute atomic E-state index is 12.1. The van der Waals surface area contributed by atoms with Crippen molar-refractivity contribution in [1.82, 2.24) is 20.5 Å². The summed E-state index contributed by atoms with van der Waals surface area (Å²) in [6.07, 6.45) is 2.93. The van der Waals surface area contributed by atoms with Gasteiger partial charge in [-0.15, -0.1) is 5.10 Å². The first-order valence-electron chi connectivity index (χ1n) is 6.18. The number of hydrogen-bond donors (Lipinski definition) is 3. The maximum Gasteiger partial charge on any atom is 0.264 e. The first-order chi connectivity index (χ1) is 9.47. The summed E-state index contributed by atoms with van der Waals surface area (Å²) in [6, 6.07) is 5.07. The molecule has 0 saturated carbocycles. The lowest BCUT2D eigenvalue weighted by Crippen LogP contribution is -2.21. The van der Waals surface area contributed by atoms with Gasteiger partial charge in [0.2, 0.25) is 0 Å². The van der Waals surface area contributed by atoms with Crippen molar-refractivity contribution < 1.29 is 8.42 Å². The van der Waals surface area contributed by atoms with E-state index in [0.29, 0.717) is 12.6 Å². The second kappa shape index (κ2) is 6.02. The van der Waals surface area contributed by atoms with Crippen LogP contribution in [0.15, 0.2) is 35.5 Å². The molecule has 0 aliphatic heterocycles. The molecule has 0 unspecified atom stereocenters. The number of H-pyrrole nitrogens is 1. The Labute approximate surface area is 117 Å². The van der Waals surface area contributed by atoms with Crippen LogP contribution in [-0.4, -0.2) is 29.6 Å². The molecule has 0 atom stereocenters. The molecule has 0 aliphatic rings. The molecule has 7 nitrogen and oxygen atoms in total. The van der Waals surface area contributed by atoms with Crippen LogP contribution in [0.4, 0.5) is 5.82 Å². The first kappa shape index (κ1) is 14.5. The molecule has 108 valence electrons. The third-order valence-electron chi connectivity index (χ3n) is 2.54. The number of anilines is 1. The molecular weight excluding hydrogens is 278 g/mol. The molecule has 0 amide bonds. The van der Waals surface area contributed by atoms with E-state index in [-0.39, 0.29) is 10.7 Å². The molecular formula is C12H17N5O2S. The Morgan fingerprint density at radius 2 is 2.20 bits per heavy atom. The smallest absolute Gasteiger partial charge is 0.264 e. The van der Waals surface area contributed by atoms with Gasteiger partial charge in [-0.2, -0.15) is 5.10 Å². The SMILES string of the molecule is CC(C)NCc1cc(S(=O)(=O)Nc2cccnn2)c[nH]1. The van der Waals surface area contributed by atoms with Crippen molar-refractivity contribution in [3.63, 3.8) is 0 Å². The Morgan fingerprint density at radius 3 is 2.85 bits per heavy atom. The van der Waals surface area contributed by atoms with Crippen molar-refractivity contribution in [2.75, 3.05) is 4.72 Å². The minimum atomic E-state index is -3.64. The van der Waals surface area contributed by atoms with E-state index in [0.717, 1.165) is 5.69 Å². The zero-order valence-corrected chi connectivity index (χ0v) is 12.1. The van der Waals surface area contributed by atoms with Crippen LogP contribution in [0.2, 0.25) is 0 Å². The second-order valence-corrected chi connectivity index (χ2v) is 6.29. The van der Waals surface area contributed by atoms with E-state index < -0.39 is 10.0 Å². The van der Waals surface area contributed by atoms with E-state index in [2.05, 4.69) is 25.2 Å². The highest BCUT2D eigenvalue weighted by atomic mass is 32.2. The lowest BCUT2D eigenvalue weighted by atomic mass is 10.3. The highest BCUT2D eigenvalue weighted by molar-refractivity contribution is 7.92. The molecule has 2 aromatic rings. The lowest BCUT2D eigenvalue weighted by molar-refractivity contribution is 0.582. The third-order valence-corrected chi connectivity index (χ3v) is 3.87. The van der Waals surface area contributed by atoms with E-state index >= 15 is 0 Å². The van der Waals surface area contributed by atoms with Gasteiger partial charge < -0.3 is 10.3 Å². The van der Waals surface area contributed by atoms with Gasteiger partial charge in [-0.3, -0.25) is 4.72 Å². The summed E-state index contributed by atoms with van der Waals surface area (Å²) in [7, 11) is -3.64. The van der Waals surface area contributed by atoms with Crippen LogP contribution in [0, 0.1) is 0 Å². The number of aromatic nitrogens is 3. The van der Waals surface area contributed by atoms with E-state index in [4.69, 9.17) is 0 Å². The maximum atomic E-state index is 12.1. The minimum Gasteiger partial charge on any atom is -0.363 e. The highest BCUT2D eigenvalue weighted by Crippen LogP contribution is 2.14. The third kappa shape index (κ3) is 3.78. The molecule has 0 spiro atoms. The Balaban J connectivity index is 2.10. The highest BCUT2D eigenvalue weighted by Gasteiger charge is 2.16. The Morgan fingerprint density at radius 1 is 1.40 bits per heavy atom. The van der Waals surface area contributed by atoms with Crippen LogP contribution < -0.4 is 10.0 Å². The number of rotatable bonds is 6. The predicted octanol–water partition coefficient (Wildman–Crippen LogP) is 1.10. The van der Waals surface area contributed by atoms with Gasteiger partial charge in [-0.05, 0) is 18.2 Å². The largest absolute Gasteiger partial charge is 0.363 e. The number of aromatic amines is 1. The number of nitrogens with one attached hydrogen (secondary N) is 3. The summed E-state index contributed by atoms with van der Waals surface area (Å²) in [5.74, 6) is 0.190. The van der Waals surface area contributed by atoms with Crippen molar-refractivity contribution >= 4 is 15.8 Å². The minimum absolute atomic E-state index is 0.170. The molecule has 3 N–H and O–H groups in total. The van der Waals surface area contributed by atoms with Crippen molar-refractivity contribution in [2.24, 2.45) is 0 Å². The fourth-order valence-electron chi connectivity index (χ4n) is 1.54. The van der Waals surface area contributed by atoms with Gasteiger partial charge in [0.25, 0.3) is 10.0 Å². The second-order valence-electron chi connectivity index (χ2n) is 4.61. The Hall–Kier alpha value is -1.93. The topological polar surface area (TPSA) is 99.8 Å². The van der Waals surface area contributed by atoms with Crippen molar-refractivity contribution in [3.8, 4) is 0 Å². The van der Waals surface area contributed by atoms with E-state index in [1.165, 1.54) is 12.4 Å². The van der Waals surface area contributed by atoms with Crippen molar-refractivity contribution in [2.45, 2.75) is 31.3 Å². The summed E-state index contributed by atoms with van der Waals surface area (Å²) < 4.78 is 26.6. The molecule has 20 heavy (non-hydrogen) atoms. The van der Waals surface area contributed by atoms with Gasteiger partial charge in [0.05, 0.1) is 0 Å². The molecule has 2 heterocycles. The molecule has 0 aromatic carbocycles. The summed E-state index contributed by atoms with van der Waals surface area (Å²) >= 11 is 0. The zero-order chi connectivity index (χ0) is 14.6. The Kier molecular flexibility index (Phi) is 4.35. The zero-order valence-electron chi connectivity index (χ0n) is 11.3. The van der Waals surface area contributed by atoms with Gasteiger partial charge in [0.1, 0.15) is 4.90 Å². The van der Waals surface area contributed by atoms with Gasteiger partial charge in [0, 0.05) is 30.7 Å². The van der Waals surface area contributed by atoms with Crippen LogP contribution >= 0.6 is 0 Å². The normalized spacial score (nSPS) is 11.8. The first-order valence-corrected chi connectivity index (χ1v) is 7.67. The van der Waals surface area contributed by atoms with E-state index in [1.54, 1.807) is 18.2 Å². The monoisotopic (exact) mass is 295 g/mol. The quantitative estimate of drug-likeness (QED) is 0.741. The summed E-state index contributed by atoms with van der Waals surface area (Å²) in [5.41, 5.74) is 0.804. The van der Waals surface area contributed by atoms with E-state index in [9.17, 15) is 8.42 Å². The van der Waals surface area contributed by atoms with Crippen LogP contribution in [0.5, 0.6) is 0 Å². The number of hydrogen-bond acceptors (Lipinski definition) is 5. The average molecular weight is 295 g/mol. The Bertz CT molecular complexity index is 651. The molecule has 0 radical (unpaired) electrons. The molecule has 2 rings (SSSR count). The van der Waals surface area contributed by atoms with Gasteiger partial charge >= 0.3 is 0 Å². The van der Waals surface area contributed by atoms with Crippen LogP contribution in [0.3, 0.4) is 0 Å².